The van der Waals surface area contributed by atoms with Crippen LogP contribution >= 0.6 is 0 Å². The van der Waals surface area contributed by atoms with Gasteiger partial charge < -0.3 is 5.32 Å². The molecule has 4 rings (SSSR count). The van der Waals surface area contributed by atoms with Crippen molar-refractivity contribution < 1.29 is 4.79 Å². The molecule has 1 N–H and O–H groups in total. The Morgan fingerprint density at radius 2 is 1.96 bits per heavy atom. The van der Waals surface area contributed by atoms with Crippen LogP contribution in [0.25, 0.3) is 5.65 Å². The van der Waals surface area contributed by atoms with Crippen LogP contribution in [0.3, 0.4) is 0 Å². The van der Waals surface area contributed by atoms with Gasteiger partial charge in [-0.25, -0.2) is 9.50 Å². The van der Waals surface area contributed by atoms with Crippen molar-refractivity contribution in [3.63, 3.8) is 0 Å². The van der Waals surface area contributed by atoms with Crippen molar-refractivity contribution in [2.24, 2.45) is 5.92 Å². The largest absolute Gasteiger partial charge is 0.349 e. The van der Waals surface area contributed by atoms with Gasteiger partial charge in [0.1, 0.15) is 5.56 Å². The minimum atomic E-state index is -0.0233. The van der Waals surface area contributed by atoms with Crippen LogP contribution in [0.15, 0.2) is 12.4 Å². The zero-order valence-electron chi connectivity index (χ0n) is 14.4. The Morgan fingerprint density at radius 3 is 2.83 bits per heavy atom. The van der Waals surface area contributed by atoms with Crippen molar-refractivity contribution in [2.75, 3.05) is 0 Å². The van der Waals surface area contributed by atoms with Gasteiger partial charge in [-0.2, -0.15) is 5.10 Å². The number of hydrogen-bond acceptors (Lipinski definition) is 3. The number of hydrogen-bond donors (Lipinski definition) is 1. The van der Waals surface area contributed by atoms with Crippen LogP contribution in [-0.2, 0) is 12.8 Å². The summed E-state index contributed by atoms with van der Waals surface area (Å²) in [6.07, 6.45) is 14.2. The zero-order valence-corrected chi connectivity index (χ0v) is 14.4. The highest BCUT2D eigenvalue weighted by molar-refractivity contribution is 5.99. The van der Waals surface area contributed by atoms with Gasteiger partial charge >= 0.3 is 0 Å². The minimum Gasteiger partial charge on any atom is -0.349 e. The van der Waals surface area contributed by atoms with Gasteiger partial charge in [0.25, 0.3) is 5.91 Å². The third kappa shape index (κ3) is 2.80. The Labute approximate surface area is 142 Å². The van der Waals surface area contributed by atoms with E-state index in [0.29, 0.717) is 17.1 Å². The average Bonchev–Trinajstić information content (AvgIpc) is 2.87. The highest BCUT2D eigenvalue weighted by Crippen LogP contribution is 2.25. The van der Waals surface area contributed by atoms with Crippen LogP contribution < -0.4 is 5.32 Å². The van der Waals surface area contributed by atoms with Crippen LogP contribution in [-0.4, -0.2) is 26.5 Å². The van der Waals surface area contributed by atoms with Gasteiger partial charge in [-0.15, -0.1) is 0 Å². The SMILES string of the molecule is CC1CCCCC1NC(=O)c1cnn2c3c(cnc12)CCCCC3. The standard InChI is InChI=1S/C19H26N4O/c1-13-7-5-6-9-16(13)22-19(24)15-12-21-23-17-10-4-2-3-8-14(17)11-20-18(15)23/h11-13,16H,2-10H2,1H3,(H,22,24). The molecule has 2 aromatic heterocycles. The summed E-state index contributed by atoms with van der Waals surface area (Å²) in [5, 5.41) is 7.72. The van der Waals surface area contributed by atoms with Crippen molar-refractivity contribution in [1.29, 1.82) is 0 Å². The lowest BCUT2D eigenvalue weighted by Gasteiger charge is -2.29. The molecule has 2 aromatic rings. The number of nitrogens with one attached hydrogen (secondary N) is 1. The third-order valence-corrected chi connectivity index (χ3v) is 5.75. The second kappa shape index (κ2) is 6.54. The first-order valence-corrected chi connectivity index (χ1v) is 9.39. The maximum absolute atomic E-state index is 12.8. The molecule has 1 saturated carbocycles. The number of rotatable bonds is 2. The molecule has 0 radical (unpaired) electrons. The smallest absolute Gasteiger partial charge is 0.256 e. The molecular formula is C19H26N4O. The maximum Gasteiger partial charge on any atom is 0.256 e. The number of amides is 1. The lowest BCUT2D eigenvalue weighted by molar-refractivity contribution is 0.0912. The molecule has 1 amide bonds. The lowest BCUT2D eigenvalue weighted by atomic mass is 9.86. The van der Waals surface area contributed by atoms with E-state index in [9.17, 15) is 4.79 Å². The normalized spacial score (nSPS) is 24.4. The molecule has 0 aromatic carbocycles. The first kappa shape index (κ1) is 15.6. The fourth-order valence-corrected chi connectivity index (χ4v) is 4.21. The van der Waals surface area contributed by atoms with Gasteiger partial charge in [0.05, 0.1) is 6.20 Å². The molecule has 128 valence electrons. The van der Waals surface area contributed by atoms with Crippen LogP contribution in [0.1, 0.15) is 73.5 Å². The number of carbonyl (C=O) groups is 1. The molecule has 0 spiro atoms. The molecule has 0 saturated heterocycles. The lowest BCUT2D eigenvalue weighted by Crippen LogP contribution is -2.41. The first-order chi connectivity index (χ1) is 11.7. The summed E-state index contributed by atoms with van der Waals surface area (Å²) in [6, 6.07) is 0.280. The quantitative estimate of drug-likeness (QED) is 0.861. The molecule has 2 unspecified atom stereocenters. The molecule has 1 fully saturated rings. The monoisotopic (exact) mass is 326 g/mol. The van der Waals surface area contributed by atoms with E-state index in [0.717, 1.165) is 19.3 Å². The summed E-state index contributed by atoms with van der Waals surface area (Å²) in [6.45, 7) is 2.23. The summed E-state index contributed by atoms with van der Waals surface area (Å²) in [5.41, 5.74) is 3.84. The topological polar surface area (TPSA) is 59.3 Å². The molecule has 5 heteroatoms. The van der Waals surface area contributed by atoms with Crippen molar-refractivity contribution >= 4 is 11.6 Å². The average molecular weight is 326 g/mol. The molecule has 2 heterocycles. The van der Waals surface area contributed by atoms with E-state index in [1.807, 2.05) is 10.7 Å². The predicted octanol–water partition coefficient (Wildman–Crippen LogP) is 3.31. The third-order valence-electron chi connectivity index (χ3n) is 5.75. The first-order valence-electron chi connectivity index (χ1n) is 9.39. The fourth-order valence-electron chi connectivity index (χ4n) is 4.21. The van der Waals surface area contributed by atoms with E-state index in [1.165, 1.54) is 49.8 Å². The minimum absolute atomic E-state index is 0.0233. The highest BCUT2D eigenvalue weighted by atomic mass is 16.1. The number of fused-ring (bicyclic) bond motifs is 3. The van der Waals surface area contributed by atoms with Gasteiger partial charge in [-0.05, 0) is 50.0 Å². The van der Waals surface area contributed by atoms with E-state index in [1.54, 1.807) is 6.20 Å². The van der Waals surface area contributed by atoms with Gasteiger partial charge in [-0.1, -0.05) is 26.2 Å². The molecule has 2 aliphatic carbocycles. The molecule has 24 heavy (non-hydrogen) atoms. The van der Waals surface area contributed by atoms with Gasteiger partial charge in [0, 0.05) is 17.9 Å². The molecule has 2 aliphatic rings. The summed E-state index contributed by atoms with van der Waals surface area (Å²) in [4.78, 5) is 17.3. The van der Waals surface area contributed by atoms with Gasteiger partial charge in [-0.3, -0.25) is 4.79 Å². The zero-order chi connectivity index (χ0) is 16.5. The predicted molar refractivity (Wildman–Crippen MR) is 93.1 cm³/mol. The van der Waals surface area contributed by atoms with Crippen molar-refractivity contribution in [1.82, 2.24) is 19.9 Å². The number of carbonyl (C=O) groups excluding carboxylic acids is 1. The van der Waals surface area contributed by atoms with Crippen LogP contribution in [0, 0.1) is 5.92 Å². The Morgan fingerprint density at radius 1 is 1.12 bits per heavy atom. The second-order valence-corrected chi connectivity index (χ2v) is 7.43. The van der Waals surface area contributed by atoms with E-state index in [-0.39, 0.29) is 11.9 Å². The van der Waals surface area contributed by atoms with Gasteiger partial charge in [0.15, 0.2) is 5.65 Å². The Hall–Kier alpha value is -1.91. The van der Waals surface area contributed by atoms with E-state index in [4.69, 9.17) is 0 Å². The van der Waals surface area contributed by atoms with E-state index in [2.05, 4.69) is 22.3 Å². The Balaban J connectivity index is 1.62. The maximum atomic E-state index is 12.8. The number of aryl methyl sites for hydroxylation is 2. The molecule has 0 bridgehead atoms. The van der Waals surface area contributed by atoms with Crippen LogP contribution in [0.4, 0.5) is 0 Å². The summed E-state index contributed by atoms with van der Waals surface area (Å²) < 4.78 is 1.90. The second-order valence-electron chi connectivity index (χ2n) is 7.43. The Kier molecular flexibility index (Phi) is 4.25. The van der Waals surface area contributed by atoms with Crippen molar-refractivity contribution in [3.05, 3.63) is 29.2 Å². The fraction of sp³-hybridized carbons (Fsp3) is 0.632. The summed E-state index contributed by atoms with van der Waals surface area (Å²) in [7, 11) is 0. The molecular weight excluding hydrogens is 300 g/mol. The molecule has 5 nitrogen and oxygen atoms in total. The van der Waals surface area contributed by atoms with Crippen LogP contribution in [0.2, 0.25) is 0 Å². The summed E-state index contributed by atoms with van der Waals surface area (Å²) >= 11 is 0. The molecule has 0 aliphatic heterocycles. The van der Waals surface area contributed by atoms with E-state index < -0.39 is 0 Å². The van der Waals surface area contributed by atoms with Crippen LogP contribution in [0.5, 0.6) is 0 Å². The van der Waals surface area contributed by atoms with Crippen molar-refractivity contribution in [3.8, 4) is 0 Å². The number of nitrogens with zero attached hydrogens (tertiary/aromatic N) is 3. The Bertz CT molecular complexity index is 751. The van der Waals surface area contributed by atoms with E-state index >= 15 is 0 Å². The molecule has 2 atom stereocenters. The number of aromatic nitrogens is 3. The van der Waals surface area contributed by atoms with Gasteiger partial charge in [0.2, 0.25) is 0 Å². The van der Waals surface area contributed by atoms with Crippen molar-refractivity contribution in [2.45, 2.75) is 70.8 Å². The summed E-state index contributed by atoms with van der Waals surface area (Å²) in [5.74, 6) is 0.526. The highest BCUT2D eigenvalue weighted by Gasteiger charge is 2.25.